The third kappa shape index (κ3) is 2.83. The third-order valence-corrected chi connectivity index (χ3v) is 4.86. The fourth-order valence-corrected chi connectivity index (χ4v) is 3.40. The molecule has 3 heteroatoms. The molecule has 2 heterocycles. The van der Waals surface area contributed by atoms with E-state index in [4.69, 9.17) is 10.5 Å². The number of nitrogens with zero attached hydrogens (tertiary/aromatic N) is 1. The van der Waals surface area contributed by atoms with Gasteiger partial charge in [-0.1, -0.05) is 13.8 Å². The fraction of sp³-hybridized carbons (Fsp3) is 1.00. The minimum atomic E-state index is 0.236. The second kappa shape index (κ2) is 5.68. The summed E-state index contributed by atoms with van der Waals surface area (Å²) in [5.74, 6) is 1.67. The average molecular weight is 240 g/mol. The molecule has 2 saturated heterocycles. The number of hydrogen-bond acceptors (Lipinski definition) is 3. The molecule has 3 nitrogen and oxygen atoms in total. The van der Waals surface area contributed by atoms with Crippen LogP contribution in [0.3, 0.4) is 0 Å². The van der Waals surface area contributed by atoms with Gasteiger partial charge < -0.3 is 10.5 Å². The lowest BCUT2D eigenvalue weighted by atomic mass is 9.88. The van der Waals surface area contributed by atoms with Gasteiger partial charge in [0.15, 0.2) is 0 Å². The molecule has 0 amide bonds. The molecular formula is C14H28N2O. The van der Waals surface area contributed by atoms with E-state index in [-0.39, 0.29) is 5.54 Å². The van der Waals surface area contributed by atoms with Crippen LogP contribution in [0.1, 0.15) is 39.5 Å². The molecule has 2 fully saturated rings. The lowest BCUT2D eigenvalue weighted by molar-refractivity contribution is 0.0825. The van der Waals surface area contributed by atoms with Crippen molar-refractivity contribution in [2.75, 3.05) is 32.8 Å². The number of nitrogens with two attached hydrogens (primary N) is 1. The number of rotatable bonds is 3. The van der Waals surface area contributed by atoms with Gasteiger partial charge in [0.2, 0.25) is 0 Å². The highest BCUT2D eigenvalue weighted by molar-refractivity contribution is 4.96. The summed E-state index contributed by atoms with van der Waals surface area (Å²) in [5.41, 5.74) is 6.35. The largest absolute Gasteiger partial charge is 0.381 e. The molecule has 0 aromatic carbocycles. The molecule has 2 aliphatic rings. The van der Waals surface area contributed by atoms with Crippen LogP contribution in [-0.2, 0) is 4.74 Å². The summed E-state index contributed by atoms with van der Waals surface area (Å²) in [7, 11) is 0. The van der Waals surface area contributed by atoms with Gasteiger partial charge in [-0.05, 0) is 44.1 Å². The van der Waals surface area contributed by atoms with Crippen LogP contribution in [0.2, 0.25) is 0 Å². The van der Waals surface area contributed by atoms with E-state index in [9.17, 15) is 0 Å². The average Bonchev–Trinajstić information content (AvgIpc) is 2.70. The maximum Gasteiger partial charge on any atom is 0.0484 e. The highest BCUT2D eigenvalue weighted by Gasteiger charge is 2.40. The first-order valence-electron chi connectivity index (χ1n) is 7.21. The molecule has 2 rings (SSSR count). The lowest BCUT2D eigenvalue weighted by Crippen LogP contribution is -2.53. The molecule has 2 N–H and O–H groups in total. The van der Waals surface area contributed by atoms with Crippen LogP contribution < -0.4 is 5.73 Å². The molecule has 0 saturated carbocycles. The Bertz CT molecular complexity index is 234. The highest BCUT2D eigenvalue weighted by atomic mass is 16.5. The maximum atomic E-state index is 6.11. The molecule has 0 aromatic rings. The van der Waals surface area contributed by atoms with Crippen molar-refractivity contribution in [1.29, 1.82) is 0 Å². The number of ether oxygens (including phenoxy) is 1. The van der Waals surface area contributed by atoms with Gasteiger partial charge in [-0.25, -0.2) is 0 Å². The van der Waals surface area contributed by atoms with Gasteiger partial charge in [0.05, 0.1) is 0 Å². The molecule has 0 radical (unpaired) electrons. The lowest BCUT2D eigenvalue weighted by Gasteiger charge is -2.40. The van der Waals surface area contributed by atoms with Gasteiger partial charge in [-0.15, -0.1) is 0 Å². The second-order valence-electron chi connectivity index (χ2n) is 6.13. The predicted octanol–water partition coefficient (Wildman–Crippen LogP) is 1.86. The first-order valence-corrected chi connectivity index (χ1v) is 7.21. The van der Waals surface area contributed by atoms with Crippen molar-refractivity contribution in [3.63, 3.8) is 0 Å². The first-order chi connectivity index (χ1) is 8.18. The van der Waals surface area contributed by atoms with Crippen LogP contribution in [0.5, 0.6) is 0 Å². The Balaban J connectivity index is 2.02. The minimum Gasteiger partial charge on any atom is -0.381 e. The predicted molar refractivity (Wildman–Crippen MR) is 71.0 cm³/mol. The molecule has 0 aliphatic carbocycles. The Kier molecular flexibility index (Phi) is 4.45. The Hall–Kier alpha value is -0.120. The summed E-state index contributed by atoms with van der Waals surface area (Å²) < 4.78 is 5.60. The Labute approximate surface area is 106 Å². The van der Waals surface area contributed by atoms with Crippen molar-refractivity contribution in [2.45, 2.75) is 45.1 Å². The van der Waals surface area contributed by atoms with Gasteiger partial charge in [-0.2, -0.15) is 0 Å². The third-order valence-electron chi connectivity index (χ3n) is 4.86. The van der Waals surface area contributed by atoms with E-state index < -0.39 is 0 Å². The van der Waals surface area contributed by atoms with Crippen LogP contribution in [0.15, 0.2) is 0 Å². The summed E-state index contributed by atoms with van der Waals surface area (Å²) >= 11 is 0. The van der Waals surface area contributed by atoms with E-state index in [1.165, 1.54) is 32.4 Å². The van der Waals surface area contributed by atoms with Crippen LogP contribution >= 0.6 is 0 Å². The summed E-state index contributed by atoms with van der Waals surface area (Å²) in [6, 6.07) is 0. The van der Waals surface area contributed by atoms with Crippen LogP contribution in [-0.4, -0.2) is 43.3 Å². The fourth-order valence-electron chi connectivity index (χ4n) is 3.40. The highest BCUT2D eigenvalue weighted by Crippen LogP contribution is 2.34. The molecule has 2 atom stereocenters. The van der Waals surface area contributed by atoms with Crippen LogP contribution in [0.25, 0.3) is 0 Å². The molecule has 0 bridgehead atoms. The molecule has 100 valence electrons. The van der Waals surface area contributed by atoms with E-state index in [0.29, 0.717) is 0 Å². The maximum absolute atomic E-state index is 6.11. The summed E-state index contributed by atoms with van der Waals surface area (Å²) in [4.78, 5) is 2.67. The van der Waals surface area contributed by atoms with Gasteiger partial charge in [-0.3, -0.25) is 4.90 Å². The van der Waals surface area contributed by atoms with E-state index >= 15 is 0 Å². The number of hydrogen-bond donors (Lipinski definition) is 1. The van der Waals surface area contributed by atoms with Crippen molar-refractivity contribution >= 4 is 0 Å². The zero-order valence-corrected chi connectivity index (χ0v) is 11.5. The van der Waals surface area contributed by atoms with Crippen LogP contribution in [0, 0.1) is 11.8 Å². The normalized spacial score (nSPS) is 36.4. The molecule has 0 aromatic heterocycles. The smallest absolute Gasteiger partial charge is 0.0484 e. The second-order valence-corrected chi connectivity index (χ2v) is 6.13. The number of likely N-dealkylation sites (tertiary alicyclic amines) is 1. The summed E-state index contributed by atoms with van der Waals surface area (Å²) in [6.45, 7) is 9.78. The van der Waals surface area contributed by atoms with Crippen molar-refractivity contribution < 1.29 is 4.74 Å². The van der Waals surface area contributed by atoms with E-state index in [1.807, 2.05) is 0 Å². The van der Waals surface area contributed by atoms with Gasteiger partial charge in [0, 0.05) is 31.8 Å². The Morgan fingerprint density at radius 2 is 2.18 bits per heavy atom. The molecular weight excluding hydrogens is 212 g/mol. The summed E-state index contributed by atoms with van der Waals surface area (Å²) in [6.07, 6.45) is 4.85. The summed E-state index contributed by atoms with van der Waals surface area (Å²) in [5, 5.41) is 0. The minimum absolute atomic E-state index is 0.236. The topological polar surface area (TPSA) is 38.5 Å². The van der Waals surface area contributed by atoms with Crippen molar-refractivity contribution in [2.24, 2.45) is 17.6 Å². The van der Waals surface area contributed by atoms with Crippen molar-refractivity contribution in [1.82, 2.24) is 4.90 Å². The zero-order chi connectivity index (χ0) is 12.3. The SMILES string of the molecule is CC(C)C1CCN(C2(CN)CCCOCC2)C1. The molecule has 2 aliphatic heterocycles. The van der Waals surface area contributed by atoms with Crippen molar-refractivity contribution in [3.05, 3.63) is 0 Å². The first kappa shape index (κ1) is 13.3. The quantitative estimate of drug-likeness (QED) is 0.818. The van der Waals surface area contributed by atoms with E-state index in [0.717, 1.165) is 38.0 Å². The van der Waals surface area contributed by atoms with Crippen LogP contribution in [0.4, 0.5) is 0 Å². The Morgan fingerprint density at radius 3 is 2.82 bits per heavy atom. The molecule has 2 unspecified atom stereocenters. The van der Waals surface area contributed by atoms with E-state index in [1.54, 1.807) is 0 Å². The van der Waals surface area contributed by atoms with E-state index in [2.05, 4.69) is 18.7 Å². The van der Waals surface area contributed by atoms with Crippen molar-refractivity contribution in [3.8, 4) is 0 Å². The standard InChI is InChI=1S/C14H28N2O/c1-12(2)13-4-7-16(10-13)14(11-15)5-3-8-17-9-6-14/h12-13H,3-11,15H2,1-2H3. The van der Waals surface area contributed by atoms with Gasteiger partial charge >= 0.3 is 0 Å². The Morgan fingerprint density at radius 1 is 1.35 bits per heavy atom. The molecule has 17 heavy (non-hydrogen) atoms. The molecule has 0 spiro atoms. The zero-order valence-electron chi connectivity index (χ0n) is 11.5. The monoisotopic (exact) mass is 240 g/mol. The van der Waals surface area contributed by atoms with Gasteiger partial charge in [0.25, 0.3) is 0 Å². The van der Waals surface area contributed by atoms with Gasteiger partial charge in [0.1, 0.15) is 0 Å².